The number of pyridine rings is 1. The number of likely N-dealkylation sites (tertiary alicyclic amines) is 1. The summed E-state index contributed by atoms with van der Waals surface area (Å²) in [5.74, 6) is 1.23. The molecular formula is C18H24N4O2. The van der Waals surface area contributed by atoms with E-state index >= 15 is 0 Å². The summed E-state index contributed by atoms with van der Waals surface area (Å²) in [6.07, 6.45) is 4.75. The standard InChI is InChI=1S/C18H24N4O2/c23-17(21-7-3-4-8-21)14-13-15(14)18(24)22-11-9-20(10-12-22)16-5-1-2-6-19-16/h1-2,5-6,14-15H,3-4,7-13H2. The SMILES string of the molecule is O=C(C1CC1C(=O)N1CCN(c2ccccn2)CC1)N1CCCC1. The maximum absolute atomic E-state index is 12.7. The Balaban J connectivity index is 1.29. The number of nitrogens with zero attached hydrogens (tertiary/aromatic N) is 4. The van der Waals surface area contributed by atoms with Gasteiger partial charge in [-0.1, -0.05) is 6.07 Å². The maximum Gasteiger partial charge on any atom is 0.226 e. The summed E-state index contributed by atoms with van der Waals surface area (Å²) in [5, 5.41) is 0. The molecule has 1 saturated carbocycles. The number of carbonyl (C=O) groups excluding carboxylic acids is 2. The molecule has 2 amide bonds. The lowest BCUT2D eigenvalue weighted by atomic mass is 10.2. The number of rotatable bonds is 3. The van der Waals surface area contributed by atoms with Gasteiger partial charge in [-0.05, 0) is 31.4 Å². The molecule has 2 unspecified atom stereocenters. The third kappa shape index (κ3) is 2.97. The van der Waals surface area contributed by atoms with Crippen molar-refractivity contribution < 1.29 is 9.59 Å². The Morgan fingerprint density at radius 1 is 0.875 bits per heavy atom. The summed E-state index contributed by atoms with van der Waals surface area (Å²) in [6, 6.07) is 5.90. The molecule has 1 aromatic heterocycles. The maximum atomic E-state index is 12.7. The van der Waals surface area contributed by atoms with Crippen LogP contribution in [0.4, 0.5) is 5.82 Å². The fourth-order valence-corrected chi connectivity index (χ4v) is 3.84. The highest BCUT2D eigenvalue weighted by Crippen LogP contribution is 2.42. The number of amides is 2. The van der Waals surface area contributed by atoms with Crippen molar-refractivity contribution in [3.05, 3.63) is 24.4 Å². The van der Waals surface area contributed by atoms with Gasteiger partial charge in [-0.3, -0.25) is 9.59 Å². The number of anilines is 1. The summed E-state index contributed by atoms with van der Waals surface area (Å²) in [6.45, 7) is 4.80. The molecule has 0 N–H and O–H groups in total. The highest BCUT2D eigenvalue weighted by molar-refractivity contribution is 5.92. The van der Waals surface area contributed by atoms with Crippen molar-refractivity contribution in [1.29, 1.82) is 0 Å². The van der Waals surface area contributed by atoms with Crippen molar-refractivity contribution in [2.24, 2.45) is 11.8 Å². The van der Waals surface area contributed by atoms with Gasteiger partial charge in [0.05, 0.1) is 11.8 Å². The van der Waals surface area contributed by atoms with Crippen LogP contribution in [-0.4, -0.2) is 65.9 Å². The smallest absolute Gasteiger partial charge is 0.226 e. The first kappa shape index (κ1) is 15.4. The second-order valence-corrected chi connectivity index (χ2v) is 6.98. The molecule has 1 aromatic rings. The molecule has 6 nitrogen and oxygen atoms in total. The van der Waals surface area contributed by atoms with Gasteiger partial charge in [0.1, 0.15) is 5.82 Å². The average Bonchev–Trinajstić information content (AvgIpc) is 3.25. The van der Waals surface area contributed by atoms with Crippen LogP contribution in [0.15, 0.2) is 24.4 Å². The van der Waals surface area contributed by atoms with Crippen LogP contribution in [0, 0.1) is 11.8 Å². The first-order chi connectivity index (χ1) is 11.7. The largest absolute Gasteiger partial charge is 0.353 e. The lowest BCUT2D eigenvalue weighted by Crippen LogP contribution is -2.49. The van der Waals surface area contributed by atoms with E-state index in [1.165, 1.54) is 0 Å². The summed E-state index contributed by atoms with van der Waals surface area (Å²) in [5.41, 5.74) is 0. The lowest BCUT2D eigenvalue weighted by molar-refractivity contribution is -0.137. The minimum atomic E-state index is -0.0699. The van der Waals surface area contributed by atoms with Crippen molar-refractivity contribution >= 4 is 17.6 Å². The second kappa shape index (κ2) is 6.42. The summed E-state index contributed by atoms with van der Waals surface area (Å²) >= 11 is 0. The van der Waals surface area contributed by atoms with E-state index in [1.807, 2.05) is 28.0 Å². The first-order valence-electron chi connectivity index (χ1n) is 8.97. The molecule has 1 aliphatic carbocycles. The quantitative estimate of drug-likeness (QED) is 0.830. The molecular weight excluding hydrogens is 304 g/mol. The Kier molecular flexibility index (Phi) is 4.12. The highest BCUT2D eigenvalue weighted by atomic mass is 16.2. The van der Waals surface area contributed by atoms with Gasteiger partial charge in [-0.25, -0.2) is 4.98 Å². The van der Waals surface area contributed by atoms with Gasteiger partial charge in [0, 0.05) is 45.5 Å². The van der Waals surface area contributed by atoms with Crippen LogP contribution in [0.5, 0.6) is 0 Å². The molecule has 0 bridgehead atoms. The molecule has 0 radical (unpaired) electrons. The van der Waals surface area contributed by atoms with E-state index in [-0.39, 0.29) is 23.7 Å². The third-order valence-corrected chi connectivity index (χ3v) is 5.41. The van der Waals surface area contributed by atoms with Gasteiger partial charge in [0.25, 0.3) is 0 Å². The number of carbonyl (C=O) groups is 2. The topological polar surface area (TPSA) is 56.8 Å². The van der Waals surface area contributed by atoms with E-state index < -0.39 is 0 Å². The molecule has 3 heterocycles. The fraction of sp³-hybridized carbons (Fsp3) is 0.611. The Bertz CT molecular complexity index is 607. The van der Waals surface area contributed by atoms with Gasteiger partial charge in [-0.15, -0.1) is 0 Å². The summed E-state index contributed by atoms with van der Waals surface area (Å²) < 4.78 is 0. The van der Waals surface area contributed by atoms with E-state index in [0.29, 0.717) is 0 Å². The number of aromatic nitrogens is 1. The molecule has 2 saturated heterocycles. The monoisotopic (exact) mass is 328 g/mol. The number of hydrogen-bond acceptors (Lipinski definition) is 4. The molecule has 0 spiro atoms. The van der Waals surface area contributed by atoms with Crippen molar-refractivity contribution in [2.45, 2.75) is 19.3 Å². The predicted molar refractivity (Wildman–Crippen MR) is 90.4 cm³/mol. The highest BCUT2D eigenvalue weighted by Gasteiger charge is 2.51. The van der Waals surface area contributed by atoms with Crippen molar-refractivity contribution in [3.8, 4) is 0 Å². The first-order valence-corrected chi connectivity index (χ1v) is 8.97. The predicted octanol–water partition coefficient (Wildman–Crippen LogP) is 0.989. The molecule has 2 atom stereocenters. The molecule has 6 heteroatoms. The van der Waals surface area contributed by atoms with Crippen LogP contribution in [0.1, 0.15) is 19.3 Å². The minimum absolute atomic E-state index is 0.0515. The number of hydrogen-bond donors (Lipinski definition) is 0. The van der Waals surface area contributed by atoms with E-state index in [4.69, 9.17) is 0 Å². The van der Waals surface area contributed by atoms with Gasteiger partial charge >= 0.3 is 0 Å². The Labute approximate surface area is 142 Å². The van der Waals surface area contributed by atoms with Crippen molar-refractivity contribution in [2.75, 3.05) is 44.2 Å². The fourth-order valence-electron chi connectivity index (χ4n) is 3.84. The van der Waals surface area contributed by atoms with Crippen LogP contribution < -0.4 is 4.90 Å². The van der Waals surface area contributed by atoms with Gasteiger partial charge in [0.2, 0.25) is 11.8 Å². The average molecular weight is 328 g/mol. The molecule has 0 aromatic carbocycles. The van der Waals surface area contributed by atoms with Crippen LogP contribution in [0.3, 0.4) is 0 Å². The van der Waals surface area contributed by atoms with Gasteiger partial charge in [0.15, 0.2) is 0 Å². The summed E-state index contributed by atoms with van der Waals surface area (Å²) in [7, 11) is 0. The Hall–Kier alpha value is -2.11. The normalized spacial score (nSPS) is 26.6. The minimum Gasteiger partial charge on any atom is -0.353 e. The zero-order valence-corrected chi connectivity index (χ0v) is 13.9. The molecule has 24 heavy (non-hydrogen) atoms. The Morgan fingerprint density at radius 3 is 2.08 bits per heavy atom. The van der Waals surface area contributed by atoms with E-state index in [2.05, 4.69) is 9.88 Å². The molecule has 128 valence electrons. The van der Waals surface area contributed by atoms with Gasteiger partial charge < -0.3 is 14.7 Å². The molecule has 3 fully saturated rings. The third-order valence-electron chi connectivity index (χ3n) is 5.41. The van der Waals surface area contributed by atoms with Crippen LogP contribution in [-0.2, 0) is 9.59 Å². The van der Waals surface area contributed by atoms with Crippen LogP contribution in [0.2, 0.25) is 0 Å². The van der Waals surface area contributed by atoms with Gasteiger partial charge in [-0.2, -0.15) is 0 Å². The van der Waals surface area contributed by atoms with E-state index in [1.54, 1.807) is 6.20 Å². The van der Waals surface area contributed by atoms with Crippen molar-refractivity contribution in [3.63, 3.8) is 0 Å². The van der Waals surface area contributed by atoms with Crippen LogP contribution >= 0.6 is 0 Å². The molecule has 4 rings (SSSR count). The lowest BCUT2D eigenvalue weighted by Gasteiger charge is -2.35. The zero-order valence-electron chi connectivity index (χ0n) is 13.9. The van der Waals surface area contributed by atoms with E-state index in [9.17, 15) is 9.59 Å². The Morgan fingerprint density at radius 2 is 1.50 bits per heavy atom. The van der Waals surface area contributed by atoms with E-state index in [0.717, 1.165) is 64.3 Å². The number of piperazine rings is 1. The van der Waals surface area contributed by atoms with Crippen LogP contribution in [0.25, 0.3) is 0 Å². The second-order valence-electron chi connectivity index (χ2n) is 6.98. The molecule has 3 aliphatic rings. The zero-order chi connectivity index (χ0) is 16.5. The van der Waals surface area contributed by atoms with Crippen molar-refractivity contribution in [1.82, 2.24) is 14.8 Å². The summed E-state index contributed by atoms with van der Waals surface area (Å²) in [4.78, 5) is 35.5. The molecule has 2 aliphatic heterocycles.